The molecule has 0 saturated heterocycles. The third kappa shape index (κ3) is 0.284. The molecule has 3 aliphatic rings. The first-order chi connectivity index (χ1) is 3.95. The van der Waals surface area contributed by atoms with Gasteiger partial charge in [0.25, 0.3) is 0 Å². The van der Waals surface area contributed by atoms with Gasteiger partial charge in [-0.15, -0.1) is 0 Å². The number of fused-ring (bicyclic) bond motifs is 5. The second kappa shape index (κ2) is 0.984. The van der Waals surface area contributed by atoms with Gasteiger partial charge < -0.3 is 0 Å². The van der Waals surface area contributed by atoms with Crippen molar-refractivity contribution < 1.29 is 0 Å². The van der Waals surface area contributed by atoms with Gasteiger partial charge in [0.15, 0.2) is 0 Å². The Kier molecular flexibility index (Phi) is 0.482. The lowest BCUT2D eigenvalue weighted by Gasteiger charge is -2.04. The molecule has 44 valence electrons. The van der Waals surface area contributed by atoms with Crippen LogP contribution < -0.4 is 0 Å². The summed E-state index contributed by atoms with van der Waals surface area (Å²) in [6, 6.07) is 0. The summed E-state index contributed by atoms with van der Waals surface area (Å²) in [5.41, 5.74) is 0. The third-order valence-electron chi connectivity index (χ3n) is 3.62. The molecule has 4 atom stereocenters. The minimum atomic E-state index is 1.21. The molecule has 0 aromatic carbocycles. The van der Waals surface area contributed by atoms with Crippen molar-refractivity contribution in [2.45, 2.75) is 25.7 Å². The lowest BCUT2D eigenvalue weighted by atomic mass is 10.0. The predicted molar refractivity (Wildman–Crippen MR) is 32.4 cm³/mol. The zero-order valence-corrected chi connectivity index (χ0v) is 5.14. The van der Waals surface area contributed by atoms with Crippen LogP contribution in [-0.2, 0) is 0 Å². The fraction of sp³-hybridized carbons (Fsp3) is 1.00. The maximum absolute atomic E-state index is 1.62. The van der Waals surface area contributed by atoms with Crippen molar-refractivity contribution in [2.75, 3.05) is 0 Å². The lowest BCUT2D eigenvalue weighted by molar-refractivity contribution is 0.456. The Morgan fingerprint density at radius 2 is 1.38 bits per heavy atom. The first kappa shape index (κ1) is 3.92. The van der Waals surface area contributed by atoms with Gasteiger partial charge in [-0.05, 0) is 49.4 Å². The average Bonchev–Trinajstić information content (AvgIpc) is 2.39. The predicted octanol–water partition coefficient (Wildman–Crippen LogP) is 2.05. The van der Waals surface area contributed by atoms with Crippen molar-refractivity contribution in [1.82, 2.24) is 0 Å². The van der Waals surface area contributed by atoms with Crippen molar-refractivity contribution in [2.24, 2.45) is 23.7 Å². The van der Waals surface area contributed by atoms with Crippen LogP contribution in [0, 0.1) is 23.7 Å². The highest BCUT2D eigenvalue weighted by Gasteiger charge is 2.56. The SMILES string of the molecule is C1C[C@H]2C[C@H]1[C@H]1C[C@H]21. The molecule has 0 unspecified atom stereocenters. The minimum Gasteiger partial charge on any atom is -0.0499 e. The normalized spacial score (nSPS) is 66.0. The zero-order valence-electron chi connectivity index (χ0n) is 5.14. The van der Waals surface area contributed by atoms with E-state index in [1.54, 1.807) is 25.7 Å². The van der Waals surface area contributed by atoms with Gasteiger partial charge in [-0.1, -0.05) is 0 Å². The molecular weight excluding hydrogens is 96.1 g/mol. The summed E-state index contributed by atoms with van der Waals surface area (Å²) in [6.07, 6.45) is 6.42. The maximum atomic E-state index is 1.62. The van der Waals surface area contributed by atoms with Crippen LogP contribution in [-0.4, -0.2) is 0 Å². The van der Waals surface area contributed by atoms with E-state index in [0.29, 0.717) is 0 Å². The smallest absolute Gasteiger partial charge is 0.0352 e. The Hall–Kier alpha value is 0. The molecule has 0 aliphatic heterocycles. The highest BCUT2D eigenvalue weighted by molar-refractivity contribution is 5.06. The molecule has 3 saturated carbocycles. The highest BCUT2D eigenvalue weighted by atomic mass is 14.6. The molecule has 3 rings (SSSR count). The third-order valence-corrected chi connectivity index (χ3v) is 3.62. The van der Waals surface area contributed by atoms with E-state index in [4.69, 9.17) is 0 Å². The van der Waals surface area contributed by atoms with Gasteiger partial charge in [-0.2, -0.15) is 0 Å². The molecule has 0 spiro atoms. The van der Waals surface area contributed by atoms with E-state index in [1.807, 2.05) is 0 Å². The molecule has 0 radical (unpaired) electrons. The van der Waals surface area contributed by atoms with Gasteiger partial charge in [-0.25, -0.2) is 0 Å². The molecule has 0 amide bonds. The van der Waals surface area contributed by atoms with E-state index in [2.05, 4.69) is 0 Å². The van der Waals surface area contributed by atoms with Crippen molar-refractivity contribution in [3.63, 3.8) is 0 Å². The summed E-state index contributed by atoms with van der Waals surface area (Å²) >= 11 is 0. The first-order valence-electron chi connectivity index (χ1n) is 3.95. The molecule has 2 bridgehead atoms. The Balaban J connectivity index is 2.02. The standard InChI is InChI=1S/C8H12/c1-2-6-3-5(1)7-4-8(6)7/h5-8H,1-4H2/t5-,6-,7+,8+/m0/s1. The Morgan fingerprint density at radius 1 is 0.750 bits per heavy atom. The molecule has 0 nitrogen and oxygen atoms in total. The van der Waals surface area contributed by atoms with Gasteiger partial charge in [0.1, 0.15) is 0 Å². The van der Waals surface area contributed by atoms with Crippen LogP contribution in [0.3, 0.4) is 0 Å². The highest BCUT2D eigenvalue weighted by Crippen LogP contribution is 2.65. The fourth-order valence-corrected chi connectivity index (χ4v) is 3.15. The topological polar surface area (TPSA) is 0 Å². The maximum Gasteiger partial charge on any atom is -0.0352 e. The molecule has 0 N–H and O–H groups in total. The van der Waals surface area contributed by atoms with E-state index >= 15 is 0 Å². The summed E-state index contributed by atoms with van der Waals surface area (Å²) in [5, 5.41) is 0. The summed E-state index contributed by atoms with van der Waals surface area (Å²) in [4.78, 5) is 0. The Labute approximate surface area is 50.3 Å². The molecule has 0 heterocycles. The van der Waals surface area contributed by atoms with Crippen LogP contribution >= 0.6 is 0 Å². The number of hydrogen-bond acceptors (Lipinski definition) is 0. The van der Waals surface area contributed by atoms with Crippen LogP contribution in [0.25, 0.3) is 0 Å². The molecule has 3 fully saturated rings. The average molecular weight is 108 g/mol. The molecule has 0 aromatic heterocycles. The summed E-state index contributed by atoms with van der Waals surface area (Å²) in [5.74, 6) is 4.91. The fourth-order valence-electron chi connectivity index (χ4n) is 3.15. The van der Waals surface area contributed by atoms with Crippen LogP contribution in [0.1, 0.15) is 25.7 Å². The molecular formula is C8H12. The lowest BCUT2D eigenvalue weighted by Crippen LogP contribution is -1.95. The summed E-state index contributed by atoms with van der Waals surface area (Å²) in [7, 11) is 0. The largest absolute Gasteiger partial charge is 0.0499 e. The molecule has 8 heavy (non-hydrogen) atoms. The van der Waals surface area contributed by atoms with Crippen molar-refractivity contribution in [3.05, 3.63) is 0 Å². The van der Waals surface area contributed by atoms with Crippen LogP contribution in [0.2, 0.25) is 0 Å². The van der Waals surface area contributed by atoms with E-state index in [9.17, 15) is 0 Å². The number of rotatable bonds is 0. The number of hydrogen-bond donors (Lipinski definition) is 0. The van der Waals surface area contributed by atoms with Crippen LogP contribution in [0.4, 0.5) is 0 Å². The van der Waals surface area contributed by atoms with Crippen LogP contribution in [0.5, 0.6) is 0 Å². The summed E-state index contributed by atoms with van der Waals surface area (Å²) < 4.78 is 0. The van der Waals surface area contributed by atoms with E-state index < -0.39 is 0 Å². The minimum absolute atomic E-state index is 1.21. The van der Waals surface area contributed by atoms with Gasteiger partial charge in [0.05, 0.1) is 0 Å². The molecule has 0 heteroatoms. The Morgan fingerprint density at radius 3 is 1.75 bits per heavy atom. The van der Waals surface area contributed by atoms with Gasteiger partial charge >= 0.3 is 0 Å². The van der Waals surface area contributed by atoms with E-state index in [1.165, 1.54) is 23.7 Å². The second-order valence-electron chi connectivity index (χ2n) is 3.90. The monoisotopic (exact) mass is 108 g/mol. The van der Waals surface area contributed by atoms with Gasteiger partial charge in [0, 0.05) is 0 Å². The first-order valence-corrected chi connectivity index (χ1v) is 3.95. The molecule has 3 aliphatic carbocycles. The van der Waals surface area contributed by atoms with Crippen molar-refractivity contribution in [3.8, 4) is 0 Å². The van der Waals surface area contributed by atoms with Crippen molar-refractivity contribution in [1.29, 1.82) is 0 Å². The zero-order chi connectivity index (χ0) is 5.14. The van der Waals surface area contributed by atoms with Crippen molar-refractivity contribution >= 4 is 0 Å². The Bertz CT molecular complexity index is 114. The van der Waals surface area contributed by atoms with E-state index in [-0.39, 0.29) is 0 Å². The van der Waals surface area contributed by atoms with Crippen LogP contribution in [0.15, 0.2) is 0 Å². The van der Waals surface area contributed by atoms with Gasteiger partial charge in [0.2, 0.25) is 0 Å². The van der Waals surface area contributed by atoms with Gasteiger partial charge in [-0.3, -0.25) is 0 Å². The summed E-state index contributed by atoms with van der Waals surface area (Å²) in [6.45, 7) is 0. The van der Waals surface area contributed by atoms with E-state index in [0.717, 1.165) is 0 Å². The second-order valence-corrected chi connectivity index (χ2v) is 3.90. The quantitative estimate of drug-likeness (QED) is 0.445. The molecule has 0 aromatic rings.